The SMILES string of the molecule is Cc1nc2ccccc2c2c(NC(=O)C3CC=CCC3)c3ccccc3n12. The standard InChI is InChI=1S/C23H21N3O/c1-15-24-19-13-7-5-11-17(19)22-21(18-12-6-8-14-20(18)26(15)22)25-23(27)16-9-3-2-4-10-16/h2-3,5-8,11-14,16H,4,9-10H2,1H3,(H,25,27). The molecule has 1 aliphatic carbocycles. The third-order valence-electron chi connectivity index (χ3n) is 5.53. The first-order chi connectivity index (χ1) is 13.2. The molecule has 0 aliphatic heterocycles. The van der Waals surface area contributed by atoms with E-state index < -0.39 is 0 Å². The van der Waals surface area contributed by atoms with E-state index in [2.05, 4.69) is 40.1 Å². The molecule has 1 unspecified atom stereocenters. The van der Waals surface area contributed by atoms with Gasteiger partial charge in [0.1, 0.15) is 5.82 Å². The van der Waals surface area contributed by atoms with Crippen molar-refractivity contribution in [3.05, 3.63) is 66.5 Å². The number of carbonyl (C=O) groups is 1. The van der Waals surface area contributed by atoms with Crippen LogP contribution in [-0.2, 0) is 4.79 Å². The summed E-state index contributed by atoms with van der Waals surface area (Å²) in [7, 11) is 0. The lowest BCUT2D eigenvalue weighted by Gasteiger charge is -2.17. The summed E-state index contributed by atoms with van der Waals surface area (Å²) < 4.78 is 2.16. The van der Waals surface area contributed by atoms with Crippen molar-refractivity contribution in [2.45, 2.75) is 26.2 Å². The van der Waals surface area contributed by atoms with Gasteiger partial charge in [-0.3, -0.25) is 9.20 Å². The van der Waals surface area contributed by atoms with E-state index in [1.165, 1.54) is 0 Å². The lowest BCUT2D eigenvalue weighted by molar-refractivity contribution is -0.120. The molecule has 4 nitrogen and oxygen atoms in total. The van der Waals surface area contributed by atoms with Crippen molar-refractivity contribution in [2.24, 2.45) is 5.92 Å². The number of anilines is 1. The van der Waals surface area contributed by atoms with E-state index in [9.17, 15) is 4.79 Å². The largest absolute Gasteiger partial charge is 0.323 e. The van der Waals surface area contributed by atoms with Crippen molar-refractivity contribution in [2.75, 3.05) is 5.32 Å². The van der Waals surface area contributed by atoms with Gasteiger partial charge in [-0.15, -0.1) is 0 Å². The summed E-state index contributed by atoms with van der Waals surface area (Å²) in [5.74, 6) is 1.06. The predicted molar refractivity (Wildman–Crippen MR) is 110 cm³/mol. The van der Waals surface area contributed by atoms with Crippen molar-refractivity contribution >= 4 is 38.9 Å². The molecule has 0 radical (unpaired) electrons. The van der Waals surface area contributed by atoms with Gasteiger partial charge in [0.05, 0.1) is 22.2 Å². The van der Waals surface area contributed by atoms with Crippen molar-refractivity contribution < 1.29 is 4.79 Å². The van der Waals surface area contributed by atoms with Crippen LogP contribution in [0.3, 0.4) is 0 Å². The molecule has 2 aromatic carbocycles. The summed E-state index contributed by atoms with van der Waals surface area (Å²) in [6.45, 7) is 2.02. The number of hydrogen-bond donors (Lipinski definition) is 1. The number of carbonyl (C=O) groups excluding carboxylic acids is 1. The first kappa shape index (κ1) is 16.1. The van der Waals surface area contributed by atoms with Crippen LogP contribution in [0, 0.1) is 12.8 Å². The molecule has 0 saturated carbocycles. The Morgan fingerprint density at radius 3 is 2.67 bits per heavy atom. The Balaban J connectivity index is 1.78. The van der Waals surface area contributed by atoms with Gasteiger partial charge in [0.2, 0.25) is 5.91 Å². The smallest absolute Gasteiger partial charge is 0.227 e. The lowest BCUT2D eigenvalue weighted by Crippen LogP contribution is -2.23. The number of hydrogen-bond acceptors (Lipinski definition) is 2. The van der Waals surface area contributed by atoms with Crippen LogP contribution in [0.2, 0.25) is 0 Å². The third-order valence-corrected chi connectivity index (χ3v) is 5.53. The number of fused-ring (bicyclic) bond motifs is 5. The van der Waals surface area contributed by atoms with Crippen LogP contribution in [0.4, 0.5) is 5.69 Å². The number of amides is 1. The molecule has 0 spiro atoms. The van der Waals surface area contributed by atoms with Gasteiger partial charge >= 0.3 is 0 Å². The van der Waals surface area contributed by atoms with E-state index in [4.69, 9.17) is 4.98 Å². The molecule has 1 amide bonds. The molecule has 27 heavy (non-hydrogen) atoms. The number of allylic oxidation sites excluding steroid dienone is 2. The summed E-state index contributed by atoms with van der Waals surface area (Å²) in [4.78, 5) is 17.8. The van der Waals surface area contributed by atoms with Gasteiger partial charge in [-0.2, -0.15) is 0 Å². The summed E-state index contributed by atoms with van der Waals surface area (Å²) >= 11 is 0. The van der Waals surface area contributed by atoms with Crippen LogP contribution < -0.4 is 5.32 Å². The highest BCUT2D eigenvalue weighted by atomic mass is 16.1. The Hall–Kier alpha value is -3.14. The molecule has 0 fully saturated rings. The fraction of sp³-hybridized carbons (Fsp3) is 0.217. The van der Waals surface area contributed by atoms with Crippen LogP contribution in [0.15, 0.2) is 60.7 Å². The minimum atomic E-state index is 0.0397. The Bertz CT molecular complexity index is 1220. The van der Waals surface area contributed by atoms with E-state index in [-0.39, 0.29) is 11.8 Å². The van der Waals surface area contributed by atoms with Crippen molar-refractivity contribution in [3.8, 4) is 0 Å². The number of para-hydroxylation sites is 2. The molecule has 0 saturated heterocycles. The number of benzene rings is 2. The van der Waals surface area contributed by atoms with Crippen molar-refractivity contribution in [3.63, 3.8) is 0 Å². The van der Waals surface area contributed by atoms with Gasteiger partial charge < -0.3 is 5.32 Å². The van der Waals surface area contributed by atoms with Gasteiger partial charge in [-0.1, -0.05) is 48.6 Å². The highest BCUT2D eigenvalue weighted by Crippen LogP contribution is 2.37. The summed E-state index contributed by atoms with van der Waals surface area (Å²) in [5.41, 5.74) is 3.94. The third kappa shape index (κ3) is 2.52. The zero-order chi connectivity index (χ0) is 18.4. The molecule has 1 atom stereocenters. The topological polar surface area (TPSA) is 46.4 Å². The molecule has 2 heterocycles. The molecule has 4 aromatic rings. The van der Waals surface area contributed by atoms with E-state index >= 15 is 0 Å². The fourth-order valence-corrected chi connectivity index (χ4v) is 4.21. The lowest BCUT2D eigenvalue weighted by atomic mass is 9.93. The Morgan fingerprint density at radius 2 is 1.85 bits per heavy atom. The molecule has 4 heteroatoms. The van der Waals surface area contributed by atoms with Crippen LogP contribution in [0.1, 0.15) is 25.1 Å². The van der Waals surface area contributed by atoms with Gasteiger partial charge in [0.25, 0.3) is 0 Å². The molecule has 1 aliphatic rings. The van der Waals surface area contributed by atoms with Crippen LogP contribution in [0.5, 0.6) is 0 Å². The maximum absolute atomic E-state index is 13.0. The molecule has 2 aromatic heterocycles. The maximum Gasteiger partial charge on any atom is 0.227 e. The van der Waals surface area contributed by atoms with E-state index in [0.29, 0.717) is 0 Å². The highest BCUT2D eigenvalue weighted by Gasteiger charge is 2.23. The second kappa shape index (κ2) is 6.23. The monoisotopic (exact) mass is 355 g/mol. The number of aryl methyl sites for hydroxylation is 1. The minimum Gasteiger partial charge on any atom is -0.323 e. The zero-order valence-electron chi connectivity index (χ0n) is 15.3. The Morgan fingerprint density at radius 1 is 1.07 bits per heavy atom. The van der Waals surface area contributed by atoms with Gasteiger partial charge in [0.15, 0.2) is 0 Å². The maximum atomic E-state index is 13.0. The highest BCUT2D eigenvalue weighted by molar-refractivity contribution is 6.16. The first-order valence-electron chi connectivity index (χ1n) is 9.48. The van der Waals surface area contributed by atoms with Gasteiger partial charge in [0, 0.05) is 16.7 Å². The van der Waals surface area contributed by atoms with E-state index in [1.807, 2.05) is 37.3 Å². The molecular formula is C23H21N3O. The first-order valence-corrected chi connectivity index (χ1v) is 9.48. The Kier molecular flexibility index (Phi) is 3.71. The number of rotatable bonds is 2. The molecule has 134 valence electrons. The Labute approximate surface area is 157 Å². The zero-order valence-corrected chi connectivity index (χ0v) is 15.3. The quantitative estimate of drug-likeness (QED) is 0.500. The van der Waals surface area contributed by atoms with Gasteiger partial charge in [-0.05, 0) is 38.3 Å². The van der Waals surface area contributed by atoms with Crippen molar-refractivity contribution in [1.29, 1.82) is 0 Å². The second-order valence-electron chi connectivity index (χ2n) is 7.22. The molecular weight excluding hydrogens is 334 g/mol. The summed E-state index contributed by atoms with van der Waals surface area (Å²) in [6, 6.07) is 16.3. The second-order valence-corrected chi connectivity index (χ2v) is 7.22. The molecule has 5 rings (SSSR count). The number of aromatic nitrogens is 2. The van der Waals surface area contributed by atoms with Crippen LogP contribution in [-0.4, -0.2) is 15.3 Å². The van der Waals surface area contributed by atoms with Crippen LogP contribution in [0.25, 0.3) is 27.3 Å². The summed E-state index contributed by atoms with van der Waals surface area (Å²) in [5, 5.41) is 5.38. The average molecular weight is 355 g/mol. The van der Waals surface area contributed by atoms with Crippen molar-refractivity contribution in [1.82, 2.24) is 9.38 Å². The molecule has 1 N–H and O–H groups in total. The summed E-state index contributed by atoms with van der Waals surface area (Å²) in [6.07, 6.45) is 6.98. The fourth-order valence-electron chi connectivity index (χ4n) is 4.21. The van der Waals surface area contributed by atoms with E-state index in [1.54, 1.807) is 0 Å². The van der Waals surface area contributed by atoms with E-state index in [0.717, 1.165) is 58.1 Å². The van der Waals surface area contributed by atoms with Gasteiger partial charge in [-0.25, -0.2) is 4.98 Å². The number of nitrogens with zero attached hydrogens (tertiary/aromatic N) is 2. The number of nitrogens with one attached hydrogen (secondary N) is 1. The predicted octanol–water partition coefficient (Wildman–Crippen LogP) is 5.24. The molecule has 0 bridgehead atoms. The minimum absolute atomic E-state index is 0.0397. The average Bonchev–Trinajstić information content (AvgIpc) is 3.04. The normalized spacial score (nSPS) is 17.0. The van der Waals surface area contributed by atoms with Crippen LogP contribution >= 0.6 is 0 Å².